The lowest BCUT2D eigenvalue weighted by Gasteiger charge is -2.30. The minimum atomic E-state index is -3.83. The molecule has 1 amide bonds. The summed E-state index contributed by atoms with van der Waals surface area (Å²) in [6, 6.07) is 17.7. The Balaban J connectivity index is 1.60. The third-order valence-corrected chi connectivity index (χ3v) is 7.02. The Labute approximate surface area is 194 Å². The van der Waals surface area contributed by atoms with Gasteiger partial charge in [0.25, 0.3) is 10.0 Å². The highest BCUT2D eigenvalue weighted by Gasteiger charge is 2.23. The molecule has 1 heterocycles. The number of carbonyl (C=O) groups excluding carboxylic acids is 1. The van der Waals surface area contributed by atoms with Crippen molar-refractivity contribution in [1.29, 1.82) is 0 Å². The zero-order valence-electron chi connectivity index (χ0n) is 19.1. The summed E-state index contributed by atoms with van der Waals surface area (Å²) in [6.07, 6.45) is 0. The molecule has 0 unspecified atom stereocenters. The van der Waals surface area contributed by atoms with Crippen LogP contribution in [0.2, 0.25) is 0 Å². The number of benzene rings is 3. The third kappa shape index (κ3) is 5.12. The average Bonchev–Trinajstić information content (AvgIpc) is 2.79. The van der Waals surface area contributed by atoms with E-state index in [2.05, 4.69) is 14.9 Å². The van der Waals surface area contributed by atoms with E-state index >= 15 is 0 Å². The maximum atomic E-state index is 13.3. The zero-order chi connectivity index (χ0) is 23.6. The highest BCUT2D eigenvalue weighted by Crippen LogP contribution is 2.33. The Kier molecular flexibility index (Phi) is 6.32. The molecule has 33 heavy (non-hydrogen) atoms. The summed E-state index contributed by atoms with van der Waals surface area (Å²) in [5.74, 6) is -0.109. The fourth-order valence-corrected chi connectivity index (χ4v) is 4.99. The van der Waals surface area contributed by atoms with Crippen molar-refractivity contribution in [3.8, 4) is 0 Å². The smallest absolute Gasteiger partial charge is 0.262 e. The van der Waals surface area contributed by atoms with Crippen molar-refractivity contribution < 1.29 is 17.9 Å². The number of fused-ring (bicyclic) bond motifs is 1. The Bertz CT molecular complexity index is 1260. The van der Waals surface area contributed by atoms with E-state index in [1.165, 1.54) is 0 Å². The second-order valence-corrected chi connectivity index (χ2v) is 10.8. The molecular weight excluding hydrogens is 438 g/mol. The number of nitrogens with one attached hydrogen (secondary N) is 2. The second kappa shape index (κ2) is 9.03. The predicted molar refractivity (Wildman–Crippen MR) is 132 cm³/mol. The van der Waals surface area contributed by atoms with Crippen molar-refractivity contribution in [2.75, 3.05) is 41.2 Å². The van der Waals surface area contributed by atoms with E-state index in [9.17, 15) is 13.2 Å². The summed E-state index contributed by atoms with van der Waals surface area (Å²) >= 11 is 0. The van der Waals surface area contributed by atoms with Crippen LogP contribution in [0.3, 0.4) is 0 Å². The summed E-state index contributed by atoms with van der Waals surface area (Å²) in [5.41, 5.74) is 1.52. The van der Waals surface area contributed by atoms with Gasteiger partial charge in [0.15, 0.2) is 0 Å². The molecule has 2 N–H and O–H groups in total. The Morgan fingerprint density at radius 1 is 0.879 bits per heavy atom. The molecule has 0 aromatic heterocycles. The zero-order valence-corrected chi connectivity index (χ0v) is 19.9. The molecule has 3 aromatic rings. The van der Waals surface area contributed by atoms with Crippen molar-refractivity contribution in [3.63, 3.8) is 0 Å². The van der Waals surface area contributed by atoms with E-state index in [0.717, 1.165) is 24.2 Å². The van der Waals surface area contributed by atoms with E-state index < -0.39 is 15.4 Å². The molecule has 7 nitrogen and oxygen atoms in total. The molecular formula is C25H29N3O4S. The van der Waals surface area contributed by atoms with Crippen LogP contribution in [-0.2, 0) is 19.6 Å². The monoisotopic (exact) mass is 467 g/mol. The van der Waals surface area contributed by atoms with E-state index in [1.807, 2.05) is 51.1 Å². The number of hydrogen-bond donors (Lipinski definition) is 2. The molecule has 3 aromatic carbocycles. The van der Waals surface area contributed by atoms with Crippen LogP contribution in [0.1, 0.15) is 20.8 Å². The summed E-state index contributed by atoms with van der Waals surface area (Å²) in [5, 5.41) is 4.40. The maximum Gasteiger partial charge on any atom is 0.262 e. The van der Waals surface area contributed by atoms with E-state index in [0.29, 0.717) is 30.0 Å². The normalized spacial score (nSPS) is 14.8. The van der Waals surface area contributed by atoms with E-state index in [1.54, 1.807) is 30.3 Å². The van der Waals surface area contributed by atoms with Gasteiger partial charge in [-0.05, 0) is 36.4 Å². The number of nitrogens with zero attached hydrogens (tertiary/aromatic N) is 1. The molecule has 1 saturated heterocycles. The standard InChI is InChI=1S/C25H29N3O4S/c1-25(2,3)24(29)26-18-8-10-19(11-9-18)27-33(30,31)23-13-12-22(28-14-16-32-17-15-28)20-6-4-5-7-21(20)23/h4-13,27H,14-17H2,1-3H3,(H,26,29). The number of sulfonamides is 1. The number of hydrogen-bond acceptors (Lipinski definition) is 5. The van der Waals surface area contributed by atoms with Crippen LogP contribution in [0.25, 0.3) is 10.8 Å². The first-order chi connectivity index (χ1) is 15.6. The quantitative estimate of drug-likeness (QED) is 0.578. The summed E-state index contributed by atoms with van der Waals surface area (Å²) in [4.78, 5) is 14.6. The molecule has 0 aliphatic carbocycles. The SMILES string of the molecule is CC(C)(C)C(=O)Nc1ccc(NS(=O)(=O)c2ccc(N3CCOCC3)c3ccccc23)cc1. The Hall–Kier alpha value is -3.10. The van der Waals surface area contributed by atoms with Gasteiger partial charge in [-0.25, -0.2) is 8.42 Å². The molecule has 1 aliphatic heterocycles. The Morgan fingerprint density at radius 2 is 1.48 bits per heavy atom. The molecule has 0 radical (unpaired) electrons. The molecule has 0 bridgehead atoms. The van der Waals surface area contributed by atoms with Crippen LogP contribution >= 0.6 is 0 Å². The Morgan fingerprint density at radius 3 is 2.12 bits per heavy atom. The van der Waals surface area contributed by atoms with Crippen molar-refractivity contribution >= 4 is 43.8 Å². The summed E-state index contributed by atoms with van der Waals surface area (Å²) in [7, 11) is -3.83. The minimum Gasteiger partial charge on any atom is -0.378 e. The van der Waals surface area contributed by atoms with Gasteiger partial charge >= 0.3 is 0 Å². The van der Waals surface area contributed by atoms with Gasteiger partial charge in [0.05, 0.1) is 18.1 Å². The molecule has 8 heteroatoms. The van der Waals surface area contributed by atoms with Gasteiger partial charge in [-0.15, -0.1) is 0 Å². The van der Waals surface area contributed by atoms with Crippen molar-refractivity contribution in [1.82, 2.24) is 0 Å². The van der Waals surface area contributed by atoms with Crippen LogP contribution < -0.4 is 14.9 Å². The predicted octanol–water partition coefficient (Wildman–Crippen LogP) is 4.46. The molecule has 4 rings (SSSR count). The van der Waals surface area contributed by atoms with Gasteiger partial charge in [0.1, 0.15) is 0 Å². The number of morpholine rings is 1. The van der Waals surface area contributed by atoms with Gasteiger partial charge < -0.3 is 15.0 Å². The van der Waals surface area contributed by atoms with Crippen molar-refractivity contribution in [2.45, 2.75) is 25.7 Å². The average molecular weight is 468 g/mol. The van der Waals surface area contributed by atoms with Crippen LogP contribution in [0, 0.1) is 5.41 Å². The lowest BCUT2D eigenvalue weighted by Crippen LogP contribution is -2.36. The first-order valence-electron chi connectivity index (χ1n) is 10.9. The first-order valence-corrected chi connectivity index (χ1v) is 12.4. The van der Waals surface area contributed by atoms with Gasteiger partial charge in [-0.2, -0.15) is 0 Å². The van der Waals surface area contributed by atoms with Crippen LogP contribution in [0.5, 0.6) is 0 Å². The second-order valence-electron chi connectivity index (χ2n) is 9.11. The molecule has 1 fully saturated rings. The van der Waals surface area contributed by atoms with Gasteiger partial charge in [0, 0.05) is 46.3 Å². The number of rotatable bonds is 5. The molecule has 0 atom stereocenters. The van der Waals surface area contributed by atoms with E-state index in [4.69, 9.17) is 4.74 Å². The molecule has 0 spiro atoms. The highest BCUT2D eigenvalue weighted by molar-refractivity contribution is 7.93. The third-order valence-electron chi connectivity index (χ3n) is 5.58. The van der Waals surface area contributed by atoms with Gasteiger partial charge in [-0.3, -0.25) is 9.52 Å². The van der Waals surface area contributed by atoms with Crippen LogP contribution in [0.4, 0.5) is 17.1 Å². The largest absolute Gasteiger partial charge is 0.378 e. The summed E-state index contributed by atoms with van der Waals surface area (Å²) < 4.78 is 34.7. The van der Waals surface area contributed by atoms with Gasteiger partial charge in [-0.1, -0.05) is 45.0 Å². The number of carbonyl (C=O) groups is 1. The topological polar surface area (TPSA) is 87.7 Å². The first kappa shape index (κ1) is 23.1. The van der Waals surface area contributed by atoms with Crippen molar-refractivity contribution in [3.05, 3.63) is 60.7 Å². The number of anilines is 3. The fourth-order valence-electron chi connectivity index (χ4n) is 3.72. The minimum absolute atomic E-state index is 0.109. The molecule has 1 aliphatic rings. The van der Waals surface area contributed by atoms with Crippen LogP contribution in [0.15, 0.2) is 65.6 Å². The molecule has 174 valence electrons. The maximum absolute atomic E-state index is 13.3. The van der Waals surface area contributed by atoms with Gasteiger partial charge in [0.2, 0.25) is 5.91 Å². The molecule has 0 saturated carbocycles. The number of amides is 1. The lowest BCUT2D eigenvalue weighted by molar-refractivity contribution is -0.123. The fraction of sp³-hybridized carbons (Fsp3) is 0.320. The highest BCUT2D eigenvalue weighted by atomic mass is 32.2. The number of ether oxygens (including phenoxy) is 1. The van der Waals surface area contributed by atoms with Crippen molar-refractivity contribution in [2.24, 2.45) is 5.41 Å². The van der Waals surface area contributed by atoms with E-state index in [-0.39, 0.29) is 10.8 Å². The summed E-state index contributed by atoms with van der Waals surface area (Å²) in [6.45, 7) is 8.35. The lowest BCUT2D eigenvalue weighted by atomic mass is 9.95. The van der Waals surface area contributed by atoms with Crippen LogP contribution in [-0.4, -0.2) is 40.6 Å².